The Morgan fingerprint density at radius 1 is 1.27 bits per heavy atom. The number of benzene rings is 1. The third-order valence-electron chi connectivity index (χ3n) is 2.20. The number of rotatable bonds is 3. The van der Waals surface area contributed by atoms with E-state index in [0.717, 1.165) is 16.6 Å². The van der Waals surface area contributed by atoms with E-state index in [0.29, 0.717) is 0 Å². The molecule has 2 aromatic rings. The highest BCUT2D eigenvalue weighted by Gasteiger charge is 2.07. The molecule has 0 bridgehead atoms. The monoisotopic (exact) mass is 204 g/mol. The van der Waals surface area contributed by atoms with Crippen molar-refractivity contribution < 1.29 is 9.84 Å². The van der Waals surface area contributed by atoms with Crippen LogP contribution < -0.4 is 0 Å². The summed E-state index contributed by atoms with van der Waals surface area (Å²) in [7, 11) is 1.56. The summed E-state index contributed by atoms with van der Waals surface area (Å²) < 4.78 is 4.88. The van der Waals surface area contributed by atoms with E-state index in [1.165, 1.54) is 0 Å². The van der Waals surface area contributed by atoms with Crippen LogP contribution in [-0.2, 0) is 4.74 Å². The normalized spacial score (nSPS) is 12.9. The summed E-state index contributed by atoms with van der Waals surface area (Å²) >= 11 is 0. The summed E-state index contributed by atoms with van der Waals surface area (Å²) in [6.07, 6.45) is 2.67. The molecule has 1 aromatic heterocycles. The number of fused-ring (bicyclic) bond motifs is 1. The van der Waals surface area contributed by atoms with Gasteiger partial charge in [-0.15, -0.1) is 0 Å². The Labute approximate surface area is 87.6 Å². The van der Waals surface area contributed by atoms with Crippen LogP contribution in [0.2, 0.25) is 0 Å². The Morgan fingerprint density at radius 2 is 2.00 bits per heavy atom. The molecule has 78 valence electrons. The minimum absolute atomic E-state index is 0.284. The molecule has 1 aromatic carbocycles. The maximum absolute atomic E-state index is 9.71. The first-order valence-corrected chi connectivity index (χ1v) is 4.69. The van der Waals surface area contributed by atoms with Gasteiger partial charge < -0.3 is 9.84 Å². The lowest BCUT2D eigenvalue weighted by molar-refractivity contribution is 0.0645. The van der Waals surface area contributed by atoms with Gasteiger partial charge in [0.15, 0.2) is 0 Å². The zero-order valence-electron chi connectivity index (χ0n) is 8.42. The third-order valence-corrected chi connectivity index (χ3v) is 2.20. The molecule has 0 spiro atoms. The summed E-state index contributed by atoms with van der Waals surface area (Å²) in [5, 5.41) is 9.71. The van der Waals surface area contributed by atoms with Crippen LogP contribution in [0.25, 0.3) is 11.0 Å². The summed E-state index contributed by atoms with van der Waals surface area (Å²) in [6.45, 7) is 0.284. The van der Waals surface area contributed by atoms with Crippen LogP contribution in [0.15, 0.2) is 30.6 Å². The predicted octanol–water partition coefficient (Wildman–Crippen LogP) is 1.31. The van der Waals surface area contributed by atoms with Gasteiger partial charge in [0.05, 0.1) is 17.6 Å². The largest absolute Gasteiger partial charge is 0.386 e. The van der Waals surface area contributed by atoms with Gasteiger partial charge in [-0.1, -0.05) is 6.07 Å². The van der Waals surface area contributed by atoms with Gasteiger partial charge in [0.1, 0.15) is 6.10 Å². The predicted molar refractivity (Wildman–Crippen MR) is 56.4 cm³/mol. The molecule has 0 aliphatic rings. The van der Waals surface area contributed by atoms with Crippen LogP contribution in [-0.4, -0.2) is 28.8 Å². The van der Waals surface area contributed by atoms with Gasteiger partial charge in [0.25, 0.3) is 0 Å². The Hall–Kier alpha value is -1.52. The molecule has 1 heterocycles. The van der Waals surface area contributed by atoms with Crippen LogP contribution >= 0.6 is 0 Å². The van der Waals surface area contributed by atoms with Gasteiger partial charge in [-0.3, -0.25) is 9.97 Å². The van der Waals surface area contributed by atoms with E-state index >= 15 is 0 Å². The van der Waals surface area contributed by atoms with Crippen molar-refractivity contribution in [2.75, 3.05) is 13.7 Å². The highest BCUT2D eigenvalue weighted by Crippen LogP contribution is 2.17. The van der Waals surface area contributed by atoms with Gasteiger partial charge in [-0.25, -0.2) is 0 Å². The zero-order chi connectivity index (χ0) is 10.7. The third kappa shape index (κ3) is 2.11. The molecule has 0 amide bonds. The van der Waals surface area contributed by atoms with E-state index in [1.807, 2.05) is 18.2 Å². The summed E-state index contributed by atoms with van der Waals surface area (Å²) in [5.41, 5.74) is 2.40. The first kappa shape index (κ1) is 10.0. The number of hydrogen-bond donors (Lipinski definition) is 1. The standard InChI is InChI=1S/C11H12N2O2/c1-15-7-11(14)8-2-3-9-10(6-8)13-5-4-12-9/h2-6,11,14H,7H2,1H3. The summed E-state index contributed by atoms with van der Waals surface area (Å²) in [4.78, 5) is 8.32. The van der Waals surface area contributed by atoms with E-state index in [2.05, 4.69) is 9.97 Å². The molecule has 4 heteroatoms. The van der Waals surface area contributed by atoms with Crippen LogP contribution in [0.4, 0.5) is 0 Å². The van der Waals surface area contributed by atoms with Crippen LogP contribution in [0, 0.1) is 0 Å². The number of aliphatic hydroxyl groups excluding tert-OH is 1. The molecule has 0 fully saturated rings. The first-order valence-electron chi connectivity index (χ1n) is 4.69. The minimum atomic E-state index is -0.610. The maximum Gasteiger partial charge on any atom is 0.102 e. The molecular formula is C11H12N2O2. The zero-order valence-corrected chi connectivity index (χ0v) is 8.42. The molecule has 1 atom stereocenters. The SMILES string of the molecule is COCC(O)c1ccc2nccnc2c1. The minimum Gasteiger partial charge on any atom is -0.386 e. The number of methoxy groups -OCH3 is 1. The van der Waals surface area contributed by atoms with Crippen molar-refractivity contribution in [2.45, 2.75) is 6.10 Å². The molecule has 0 saturated heterocycles. The van der Waals surface area contributed by atoms with Crippen molar-refractivity contribution in [1.82, 2.24) is 9.97 Å². The van der Waals surface area contributed by atoms with Crippen molar-refractivity contribution in [3.8, 4) is 0 Å². The second kappa shape index (κ2) is 4.33. The molecule has 15 heavy (non-hydrogen) atoms. The highest BCUT2D eigenvalue weighted by molar-refractivity contribution is 5.74. The van der Waals surface area contributed by atoms with Gasteiger partial charge in [0, 0.05) is 19.5 Å². The molecule has 0 aliphatic heterocycles. The second-order valence-electron chi connectivity index (χ2n) is 3.28. The lowest BCUT2D eigenvalue weighted by Crippen LogP contribution is -2.04. The molecule has 0 aliphatic carbocycles. The number of nitrogens with zero attached hydrogens (tertiary/aromatic N) is 2. The number of ether oxygens (including phenoxy) is 1. The van der Waals surface area contributed by atoms with Crippen LogP contribution in [0.5, 0.6) is 0 Å². The van der Waals surface area contributed by atoms with E-state index in [-0.39, 0.29) is 6.61 Å². The van der Waals surface area contributed by atoms with Crippen molar-refractivity contribution in [3.05, 3.63) is 36.2 Å². The Balaban J connectivity index is 2.38. The quantitative estimate of drug-likeness (QED) is 0.819. The van der Waals surface area contributed by atoms with Crippen molar-refractivity contribution in [2.24, 2.45) is 0 Å². The van der Waals surface area contributed by atoms with Gasteiger partial charge in [0.2, 0.25) is 0 Å². The van der Waals surface area contributed by atoms with E-state index < -0.39 is 6.10 Å². The van der Waals surface area contributed by atoms with Crippen LogP contribution in [0.3, 0.4) is 0 Å². The van der Waals surface area contributed by atoms with Gasteiger partial charge in [-0.05, 0) is 17.7 Å². The number of aliphatic hydroxyl groups is 1. The number of aromatic nitrogens is 2. The van der Waals surface area contributed by atoms with Crippen molar-refractivity contribution in [3.63, 3.8) is 0 Å². The Kier molecular flexibility index (Phi) is 2.89. The highest BCUT2D eigenvalue weighted by atomic mass is 16.5. The average Bonchev–Trinajstić information content (AvgIpc) is 2.29. The lowest BCUT2D eigenvalue weighted by atomic mass is 10.1. The summed E-state index contributed by atoms with van der Waals surface area (Å²) in [6, 6.07) is 5.50. The molecular weight excluding hydrogens is 192 g/mol. The fourth-order valence-corrected chi connectivity index (χ4v) is 1.44. The topological polar surface area (TPSA) is 55.2 Å². The first-order chi connectivity index (χ1) is 7.31. The molecule has 2 rings (SSSR count). The molecule has 1 unspecified atom stereocenters. The van der Waals surface area contributed by atoms with Crippen LogP contribution in [0.1, 0.15) is 11.7 Å². The smallest absolute Gasteiger partial charge is 0.102 e. The lowest BCUT2D eigenvalue weighted by Gasteiger charge is -2.09. The number of hydrogen-bond acceptors (Lipinski definition) is 4. The van der Waals surface area contributed by atoms with Crippen molar-refractivity contribution >= 4 is 11.0 Å². The maximum atomic E-state index is 9.71. The molecule has 4 nitrogen and oxygen atoms in total. The Bertz CT molecular complexity index is 459. The molecule has 0 radical (unpaired) electrons. The van der Waals surface area contributed by atoms with E-state index in [4.69, 9.17) is 4.74 Å². The van der Waals surface area contributed by atoms with Gasteiger partial charge in [-0.2, -0.15) is 0 Å². The van der Waals surface area contributed by atoms with E-state index in [1.54, 1.807) is 19.5 Å². The average molecular weight is 204 g/mol. The van der Waals surface area contributed by atoms with E-state index in [9.17, 15) is 5.11 Å². The molecule has 0 saturated carbocycles. The summed E-state index contributed by atoms with van der Waals surface area (Å²) in [5.74, 6) is 0. The van der Waals surface area contributed by atoms with Crippen molar-refractivity contribution in [1.29, 1.82) is 0 Å². The fraction of sp³-hybridized carbons (Fsp3) is 0.273. The second-order valence-corrected chi connectivity index (χ2v) is 3.28. The van der Waals surface area contributed by atoms with Gasteiger partial charge >= 0.3 is 0 Å². The molecule has 1 N–H and O–H groups in total. The Morgan fingerprint density at radius 3 is 2.73 bits per heavy atom. The fourth-order valence-electron chi connectivity index (χ4n) is 1.44.